The van der Waals surface area contributed by atoms with E-state index in [9.17, 15) is 9.59 Å². The third-order valence-corrected chi connectivity index (χ3v) is 5.46. The maximum atomic E-state index is 12.4. The number of unbranched alkanes of at least 4 members (excludes halogenated alkanes) is 4. The highest BCUT2D eigenvalue weighted by Gasteiger charge is 2.11. The Morgan fingerprint density at radius 1 is 0.500 bits per heavy atom. The molecule has 3 rings (SSSR count). The van der Waals surface area contributed by atoms with Crippen LogP contribution >= 0.6 is 0 Å². The van der Waals surface area contributed by atoms with Gasteiger partial charge in [-0.25, -0.2) is 9.59 Å². The second kappa shape index (κ2) is 14.6. The summed E-state index contributed by atoms with van der Waals surface area (Å²) in [5, 5.41) is 0. The van der Waals surface area contributed by atoms with Gasteiger partial charge in [0.25, 0.3) is 0 Å². The molecular formula is C30H34O6. The molecule has 36 heavy (non-hydrogen) atoms. The Morgan fingerprint density at radius 3 is 1.17 bits per heavy atom. The molecule has 3 aromatic rings. The molecule has 6 nitrogen and oxygen atoms in total. The molecule has 0 aromatic heterocycles. The number of hydrogen-bond acceptors (Lipinski definition) is 6. The third-order valence-electron chi connectivity index (χ3n) is 5.46. The summed E-state index contributed by atoms with van der Waals surface area (Å²) >= 11 is 0. The van der Waals surface area contributed by atoms with Crippen LogP contribution in [0.2, 0.25) is 0 Å². The summed E-state index contributed by atoms with van der Waals surface area (Å²) < 4.78 is 22.2. The summed E-state index contributed by atoms with van der Waals surface area (Å²) in [6.07, 6.45) is 6.55. The highest BCUT2D eigenvalue weighted by atomic mass is 16.5. The first kappa shape index (κ1) is 26.8. The van der Waals surface area contributed by atoms with Crippen molar-refractivity contribution >= 4 is 11.9 Å². The molecule has 0 N–H and O–H groups in total. The summed E-state index contributed by atoms with van der Waals surface area (Å²) in [5.74, 6) is 1.20. The summed E-state index contributed by atoms with van der Waals surface area (Å²) in [6.45, 7) is 5.61. The van der Waals surface area contributed by atoms with Crippen LogP contribution in [-0.2, 0) is 0 Å². The Kier molecular flexibility index (Phi) is 10.8. The average molecular weight is 491 g/mol. The number of hydrogen-bond donors (Lipinski definition) is 0. The molecule has 0 unspecified atom stereocenters. The van der Waals surface area contributed by atoms with Crippen LogP contribution in [0, 0.1) is 0 Å². The van der Waals surface area contributed by atoms with E-state index < -0.39 is 11.9 Å². The van der Waals surface area contributed by atoms with Gasteiger partial charge in [-0.2, -0.15) is 0 Å². The highest BCUT2D eigenvalue weighted by Crippen LogP contribution is 2.21. The Bertz CT molecular complexity index is 983. The van der Waals surface area contributed by atoms with E-state index in [1.165, 1.54) is 0 Å². The minimum atomic E-state index is -0.478. The molecule has 0 fully saturated rings. The molecule has 0 heterocycles. The zero-order valence-electron chi connectivity index (χ0n) is 21.0. The van der Waals surface area contributed by atoms with Gasteiger partial charge in [0.1, 0.15) is 23.0 Å². The zero-order chi connectivity index (χ0) is 25.6. The van der Waals surface area contributed by atoms with Gasteiger partial charge in [-0.05, 0) is 85.6 Å². The van der Waals surface area contributed by atoms with Crippen molar-refractivity contribution in [2.75, 3.05) is 13.2 Å². The maximum Gasteiger partial charge on any atom is 0.343 e. The van der Waals surface area contributed by atoms with E-state index in [0.717, 1.165) is 50.0 Å². The Hall–Kier alpha value is -3.80. The van der Waals surface area contributed by atoms with Gasteiger partial charge in [0.2, 0.25) is 0 Å². The maximum absolute atomic E-state index is 12.4. The quantitative estimate of drug-likeness (QED) is 0.134. The molecule has 0 radical (unpaired) electrons. The monoisotopic (exact) mass is 490 g/mol. The van der Waals surface area contributed by atoms with Crippen molar-refractivity contribution in [2.24, 2.45) is 0 Å². The van der Waals surface area contributed by atoms with Crippen molar-refractivity contribution < 1.29 is 28.5 Å². The molecule has 190 valence electrons. The van der Waals surface area contributed by atoms with Crippen molar-refractivity contribution in [1.82, 2.24) is 0 Å². The molecule has 0 bridgehead atoms. The zero-order valence-corrected chi connectivity index (χ0v) is 21.0. The van der Waals surface area contributed by atoms with Gasteiger partial charge in [-0.3, -0.25) is 0 Å². The summed E-state index contributed by atoms with van der Waals surface area (Å²) in [5.41, 5.74) is 0.841. The van der Waals surface area contributed by atoms with Crippen LogP contribution in [0.4, 0.5) is 0 Å². The van der Waals surface area contributed by atoms with E-state index in [4.69, 9.17) is 18.9 Å². The Labute approximate surface area is 213 Å². The number of esters is 2. The number of ether oxygens (including phenoxy) is 4. The Balaban J connectivity index is 1.47. The summed E-state index contributed by atoms with van der Waals surface area (Å²) in [7, 11) is 0. The lowest BCUT2D eigenvalue weighted by Gasteiger charge is -2.09. The molecule has 0 atom stereocenters. The van der Waals surface area contributed by atoms with Gasteiger partial charge in [-0.15, -0.1) is 0 Å². The fourth-order valence-electron chi connectivity index (χ4n) is 3.37. The lowest BCUT2D eigenvalue weighted by atomic mass is 10.2. The minimum Gasteiger partial charge on any atom is -0.494 e. The number of benzene rings is 3. The van der Waals surface area contributed by atoms with Crippen LogP contribution < -0.4 is 18.9 Å². The number of carbonyl (C=O) groups is 2. The van der Waals surface area contributed by atoms with Crippen molar-refractivity contribution in [1.29, 1.82) is 0 Å². The smallest absolute Gasteiger partial charge is 0.343 e. The molecule has 6 heteroatoms. The van der Waals surface area contributed by atoms with Gasteiger partial charge in [-0.1, -0.05) is 39.5 Å². The average Bonchev–Trinajstić information content (AvgIpc) is 2.91. The van der Waals surface area contributed by atoms with Crippen molar-refractivity contribution in [3.8, 4) is 23.0 Å². The molecule has 0 spiro atoms. The van der Waals surface area contributed by atoms with Crippen LogP contribution in [0.1, 0.15) is 73.1 Å². The van der Waals surface area contributed by atoms with E-state index in [1.54, 1.807) is 72.8 Å². The number of rotatable bonds is 14. The topological polar surface area (TPSA) is 71.1 Å². The standard InChI is InChI=1S/C30H34O6/c1-3-5-7-21-33-25-13-9-23(10-14-25)29(31)35-27-17-19-28(20-18-27)36-30(32)24-11-15-26(16-12-24)34-22-8-6-4-2/h9-20H,3-8,21-22H2,1-2H3. The lowest BCUT2D eigenvalue weighted by Crippen LogP contribution is -2.09. The van der Waals surface area contributed by atoms with E-state index in [0.29, 0.717) is 35.8 Å². The second-order valence-corrected chi connectivity index (χ2v) is 8.41. The largest absolute Gasteiger partial charge is 0.494 e. The molecule has 0 aliphatic carbocycles. The van der Waals surface area contributed by atoms with Crippen molar-refractivity contribution in [3.05, 3.63) is 83.9 Å². The lowest BCUT2D eigenvalue weighted by molar-refractivity contribution is 0.0719. The second-order valence-electron chi connectivity index (χ2n) is 8.41. The van der Waals surface area contributed by atoms with E-state index in [2.05, 4.69) is 13.8 Å². The van der Waals surface area contributed by atoms with E-state index in [-0.39, 0.29) is 0 Å². The van der Waals surface area contributed by atoms with Crippen LogP contribution in [0.5, 0.6) is 23.0 Å². The predicted molar refractivity (Wildman–Crippen MR) is 139 cm³/mol. The fraction of sp³-hybridized carbons (Fsp3) is 0.333. The van der Waals surface area contributed by atoms with Gasteiger partial charge in [0.15, 0.2) is 0 Å². The molecule has 0 saturated heterocycles. The van der Waals surface area contributed by atoms with Crippen LogP contribution in [0.25, 0.3) is 0 Å². The van der Waals surface area contributed by atoms with Crippen LogP contribution in [-0.4, -0.2) is 25.2 Å². The highest BCUT2D eigenvalue weighted by molar-refractivity contribution is 5.92. The van der Waals surface area contributed by atoms with Crippen LogP contribution in [0.3, 0.4) is 0 Å². The fourth-order valence-corrected chi connectivity index (χ4v) is 3.37. The number of carbonyl (C=O) groups excluding carboxylic acids is 2. The molecule has 3 aromatic carbocycles. The van der Waals surface area contributed by atoms with Gasteiger partial charge < -0.3 is 18.9 Å². The molecule has 0 saturated carbocycles. The Morgan fingerprint density at radius 2 is 0.833 bits per heavy atom. The third kappa shape index (κ3) is 8.77. The van der Waals surface area contributed by atoms with E-state index in [1.807, 2.05) is 0 Å². The van der Waals surface area contributed by atoms with Gasteiger partial charge in [0.05, 0.1) is 24.3 Å². The summed E-state index contributed by atoms with van der Waals surface area (Å²) in [6, 6.07) is 20.1. The van der Waals surface area contributed by atoms with Crippen molar-refractivity contribution in [3.63, 3.8) is 0 Å². The first-order chi connectivity index (χ1) is 17.6. The molecule has 0 aliphatic heterocycles. The van der Waals surface area contributed by atoms with Crippen molar-refractivity contribution in [2.45, 2.75) is 52.4 Å². The first-order valence-electron chi connectivity index (χ1n) is 12.6. The SMILES string of the molecule is CCCCCOc1ccc(C(=O)Oc2ccc(OC(=O)c3ccc(OCCCCC)cc3)cc2)cc1. The first-order valence-corrected chi connectivity index (χ1v) is 12.6. The normalized spacial score (nSPS) is 10.5. The summed E-state index contributed by atoms with van der Waals surface area (Å²) in [4.78, 5) is 24.9. The van der Waals surface area contributed by atoms with Gasteiger partial charge in [0, 0.05) is 0 Å². The van der Waals surface area contributed by atoms with Gasteiger partial charge >= 0.3 is 11.9 Å². The predicted octanol–water partition coefficient (Wildman–Crippen LogP) is 7.26. The van der Waals surface area contributed by atoms with E-state index >= 15 is 0 Å². The molecular weight excluding hydrogens is 456 g/mol. The minimum absolute atomic E-state index is 0.351. The van der Waals surface area contributed by atoms with Crippen LogP contribution in [0.15, 0.2) is 72.8 Å². The molecule has 0 aliphatic rings. The molecule has 0 amide bonds.